The Morgan fingerprint density at radius 1 is 0.973 bits per heavy atom. The third-order valence-corrected chi connectivity index (χ3v) is 8.66. The molecule has 7 nitrogen and oxygen atoms in total. The zero-order chi connectivity index (χ0) is 26.5. The molecule has 1 amide bonds. The first-order valence-electron chi connectivity index (χ1n) is 12.7. The lowest BCUT2D eigenvalue weighted by molar-refractivity contribution is -0.121. The van der Waals surface area contributed by atoms with Gasteiger partial charge in [0, 0.05) is 12.0 Å². The van der Waals surface area contributed by atoms with Crippen molar-refractivity contribution in [2.24, 2.45) is 0 Å². The lowest BCUT2D eigenvalue weighted by Crippen LogP contribution is -2.47. The summed E-state index contributed by atoms with van der Waals surface area (Å²) in [5.74, 6) is 0.987. The number of carbonyl (C=O) groups is 1. The molecule has 1 N–H and O–H groups in total. The number of benzene rings is 3. The molecule has 0 unspecified atom stereocenters. The van der Waals surface area contributed by atoms with E-state index in [9.17, 15) is 13.2 Å². The number of nitrogens with one attached hydrogen (secondary N) is 1. The van der Waals surface area contributed by atoms with E-state index in [-0.39, 0.29) is 17.5 Å². The van der Waals surface area contributed by atoms with Gasteiger partial charge in [-0.15, -0.1) is 0 Å². The fourth-order valence-electron chi connectivity index (χ4n) is 4.71. The Hall–Kier alpha value is -3.52. The minimum Gasteiger partial charge on any atom is -0.494 e. The van der Waals surface area contributed by atoms with Crippen molar-refractivity contribution in [3.8, 4) is 11.5 Å². The van der Waals surface area contributed by atoms with Crippen molar-refractivity contribution >= 4 is 21.6 Å². The third-order valence-electron chi connectivity index (χ3n) is 6.88. The molecule has 1 aliphatic rings. The van der Waals surface area contributed by atoms with E-state index >= 15 is 0 Å². The molecule has 0 bridgehead atoms. The van der Waals surface area contributed by atoms with Crippen LogP contribution in [0.1, 0.15) is 51.6 Å². The summed E-state index contributed by atoms with van der Waals surface area (Å²) in [6.07, 6.45) is 2.20. The van der Waals surface area contributed by atoms with Crippen LogP contribution in [0, 0.1) is 0 Å². The Morgan fingerprint density at radius 2 is 1.62 bits per heavy atom. The van der Waals surface area contributed by atoms with Crippen LogP contribution in [-0.4, -0.2) is 33.1 Å². The van der Waals surface area contributed by atoms with Gasteiger partial charge in [-0.2, -0.15) is 0 Å². The molecule has 0 spiro atoms. The fraction of sp³-hybridized carbons (Fsp3) is 0.345. The van der Waals surface area contributed by atoms with E-state index in [1.165, 1.54) is 12.1 Å². The SMILES string of the molecule is CCOc1ccc(N(CC(=O)N[C@H]2CC(CC)(CC)Oc3ccccc32)S(=O)(=O)c2ccccc2)cc1. The highest BCUT2D eigenvalue weighted by molar-refractivity contribution is 7.92. The molecule has 0 aromatic heterocycles. The smallest absolute Gasteiger partial charge is 0.264 e. The Kier molecular flexibility index (Phi) is 8.07. The second kappa shape index (κ2) is 11.3. The first-order valence-corrected chi connectivity index (χ1v) is 14.1. The highest BCUT2D eigenvalue weighted by Gasteiger charge is 2.39. The van der Waals surface area contributed by atoms with Gasteiger partial charge in [0.25, 0.3) is 10.0 Å². The van der Waals surface area contributed by atoms with Crippen molar-refractivity contribution in [2.45, 2.75) is 56.6 Å². The summed E-state index contributed by atoms with van der Waals surface area (Å²) < 4.78 is 40.3. The molecule has 3 aromatic rings. The first-order chi connectivity index (χ1) is 17.8. The van der Waals surface area contributed by atoms with Crippen LogP contribution in [0.15, 0.2) is 83.8 Å². The van der Waals surface area contributed by atoms with Crippen LogP contribution in [-0.2, 0) is 14.8 Å². The topological polar surface area (TPSA) is 84.9 Å². The molecule has 1 heterocycles. The minimum absolute atomic E-state index is 0.115. The first kappa shape index (κ1) is 26.5. The fourth-order valence-corrected chi connectivity index (χ4v) is 6.15. The van der Waals surface area contributed by atoms with Crippen LogP contribution >= 0.6 is 0 Å². The van der Waals surface area contributed by atoms with Gasteiger partial charge in [-0.05, 0) is 62.2 Å². The zero-order valence-electron chi connectivity index (χ0n) is 21.5. The molecule has 1 aliphatic heterocycles. The standard InChI is InChI=1S/C29H34N2O5S/c1-4-29(5-2)20-26(25-14-10-11-15-27(25)36-29)30-28(32)21-31(22-16-18-23(19-17-22)35-6-3)37(33,34)24-12-8-7-9-13-24/h7-19,26H,4-6,20-21H2,1-3H3,(H,30,32)/t26-/m0/s1. The molecule has 0 saturated carbocycles. The highest BCUT2D eigenvalue weighted by atomic mass is 32.2. The van der Waals surface area contributed by atoms with Crippen LogP contribution in [0.5, 0.6) is 11.5 Å². The summed E-state index contributed by atoms with van der Waals surface area (Å²) in [6.45, 7) is 6.17. The van der Waals surface area contributed by atoms with E-state index in [0.717, 1.165) is 28.5 Å². The van der Waals surface area contributed by atoms with Crippen molar-refractivity contribution in [1.29, 1.82) is 0 Å². The Morgan fingerprint density at radius 3 is 2.27 bits per heavy atom. The van der Waals surface area contributed by atoms with Gasteiger partial charge in [-0.1, -0.05) is 50.2 Å². The maximum atomic E-state index is 13.7. The third kappa shape index (κ3) is 5.74. The molecule has 37 heavy (non-hydrogen) atoms. The van der Waals surface area contributed by atoms with E-state index in [2.05, 4.69) is 19.2 Å². The van der Waals surface area contributed by atoms with Crippen molar-refractivity contribution in [3.05, 3.63) is 84.4 Å². The van der Waals surface area contributed by atoms with Crippen LogP contribution in [0.25, 0.3) is 0 Å². The van der Waals surface area contributed by atoms with Crippen LogP contribution < -0.4 is 19.1 Å². The average Bonchev–Trinajstić information content (AvgIpc) is 2.92. The van der Waals surface area contributed by atoms with Crippen molar-refractivity contribution < 1.29 is 22.7 Å². The Labute approximate surface area is 219 Å². The number of anilines is 1. The van der Waals surface area contributed by atoms with Crippen molar-refractivity contribution in [2.75, 3.05) is 17.5 Å². The monoisotopic (exact) mass is 522 g/mol. The normalized spacial score (nSPS) is 16.2. The number of para-hydroxylation sites is 1. The predicted molar refractivity (Wildman–Crippen MR) is 144 cm³/mol. The summed E-state index contributed by atoms with van der Waals surface area (Å²) in [4.78, 5) is 13.6. The highest BCUT2D eigenvalue weighted by Crippen LogP contribution is 2.42. The molecule has 4 rings (SSSR count). The molecule has 3 aromatic carbocycles. The number of amides is 1. The minimum atomic E-state index is -4.00. The summed E-state index contributed by atoms with van der Waals surface area (Å²) in [5, 5.41) is 3.10. The number of nitrogens with zero attached hydrogens (tertiary/aromatic N) is 1. The molecule has 0 radical (unpaired) electrons. The van der Waals surface area contributed by atoms with Crippen LogP contribution in [0.2, 0.25) is 0 Å². The summed E-state index contributed by atoms with van der Waals surface area (Å²) in [7, 11) is -4.00. The Bertz CT molecular complexity index is 1310. The van der Waals surface area contributed by atoms with Gasteiger partial charge in [0.2, 0.25) is 5.91 Å². The maximum absolute atomic E-state index is 13.7. The average molecular weight is 523 g/mol. The van der Waals surface area contributed by atoms with Crippen molar-refractivity contribution in [3.63, 3.8) is 0 Å². The lowest BCUT2D eigenvalue weighted by Gasteiger charge is -2.41. The number of fused-ring (bicyclic) bond motifs is 1. The number of carbonyl (C=O) groups excluding carboxylic acids is 1. The van der Waals surface area contributed by atoms with Crippen LogP contribution in [0.4, 0.5) is 5.69 Å². The van der Waals surface area contributed by atoms with Crippen molar-refractivity contribution in [1.82, 2.24) is 5.32 Å². The van der Waals surface area contributed by atoms with Gasteiger partial charge in [0.15, 0.2) is 0 Å². The van der Waals surface area contributed by atoms with E-state index in [4.69, 9.17) is 9.47 Å². The van der Waals surface area contributed by atoms with Crippen LogP contribution in [0.3, 0.4) is 0 Å². The number of hydrogen-bond acceptors (Lipinski definition) is 5. The largest absolute Gasteiger partial charge is 0.494 e. The molecule has 0 aliphatic carbocycles. The number of ether oxygens (including phenoxy) is 2. The molecular formula is C29H34N2O5S. The van der Waals surface area contributed by atoms with E-state index in [0.29, 0.717) is 24.5 Å². The molecule has 0 fully saturated rings. The summed E-state index contributed by atoms with van der Waals surface area (Å²) >= 11 is 0. The van der Waals surface area contributed by atoms with Gasteiger partial charge >= 0.3 is 0 Å². The quantitative estimate of drug-likeness (QED) is 0.381. The second-order valence-electron chi connectivity index (χ2n) is 9.11. The molecule has 8 heteroatoms. The predicted octanol–water partition coefficient (Wildman–Crippen LogP) is 5.48. The summed E-state index contributed by atoms with van der Waals surface area (Å²) in [5.41, 5.74) is 0.884. The maximum Gasteiger partial charge on any atom is 0.264 e. The Balaban J connectivity index is 1.64. The molecular weight excluding hydrogens is 488 g/mol. The molecule has 196 valence electrons. The van der Waals surface area contributed by atoms with Gasteiger partial charge in [-0.3, -0.25) is 9.10 Å². The number of rotatable bonds is 10. The molecule has 0 saturated heterocycles. The van der Waals surface area contributed by atoms with E-state index in [1.807, 2.05) is 31.2 Å². The van der Waals surface area contributed by atoms with E-state index < -0.39 is 21.5 Å². The summed E-state index contributed by atoms with van der Waals surface area (Å²) in [6, 6.07) is 22.3. The molecule has 1 atom stereocenters. The number of sulfonamides is 1. The lowest BCUT2D eigenvalue weighted by atomic mass is 9.83. The van der Waals surface area contributed by atoms with E-state index in [1.54, 1.807) is 42.5 Å². The van der Waals surface area contributed by atoms with Gasteiger partial charge in [0.05, 0.1) is 23.2 Å². The van der Waals surface area contributed by atoms with Gasteiger partial charge in [-0.25, -0.2) is 8.42 Å². The van der Waals surface area contributed by atoms with Gasteiger partial charge in [0.1, 0.15) is 23.6 Å². The second-order valence-corrected chi connectivity index (χ2v) is 11.0. The zero-order valence-corrected chi connectivity index (χ0v) is 22.3. The number of hydrogen-bond donors (Lipinski definition) is 1. The van der Waals surface area contributed by atoms with Gasteiger partial charge < -0.3 is 14.8 Å².